The maximum atomic E-state index is 12.9. The predicted molar refractivity (Wildman–Crippen MR) is 119 cm³/mol. The summed E-state index contributed by atoms with van der Waals surface area (Å²) in [6, 6.07) is 21.6. The number of likely N-dealkylation sites (tertiary alicyclic amines) is 1. The van der Waals surface area contributed by atoms with E-state index in [9.17, 15) is 9.59 Å². The first kappa shape index (κ1) is 20.0. The number of carbonyl (C=O) groups excluding carboxylic acids is 2. The third-order valence-electron chi connectivity index (χ3n) is 5.80. The lowest BCUT2D eigenvalue weighted by molar-refractivity contribution is -0.133. The van der Waals surface area contributed by atoms with E-state index in [1.54, 1.807) is 7.11 Å². The molecule has 0 saturated carbocycles. The molecular formula is C25H26N2O3. The lowest BCUT2D eigenvalue weighted by atomic mass is 9.95. The van der Waals surface area contributed by atoms with E-state index in [0.717, 1.165) is 16.3 Å². The van der Waals surface area contributed by atoms with E-state index in [-0.39, 0.29) is 17.7 Å². The van der Waals surface area contributed by atoms with Crippen LogP contribution in [0.3, 0.4) is 0 Å². The number of carbonyl (C=O) groups is 2. The Kier molecular flexibility index (Phi) is 5.98. The van der Waals surface area contributed by atoms with E-state index < -0.39 is 0 Å². The summed E-state index contributed by atoms with van der Waals surface area (Å²) in [5.74, 6) is 0.653. The first-order chi connectivity index (χ1) is 14.7. The Morgan fingerprint density at radius 3 is 2.47 bits per heavy atom. The summed E-state index contributed by atoms with van der Waals surface area (Å²) in [6.07, 6.45) is 1.73. The van der Waals surface area contributed by atoms with Crippen molar-refractivity contribution in [1.29, 1.82) is 0 Å². The van der Waals surface area contributed by atoms with E-state index in [1.807, 2.05) is 53.4 Å². The van der Waals surface area contributed by atoms with Crippen LogP contribution in [-0.2, 0) is 16.0 Å². The van der Waals surface area contributed by atoms with Crippen LogP contribution in [0.1, 0.15) is 18.4 Å². The average Bonchev–Trinajstić information content (AvgIpc) is 2.79. The fraction of sp³-hybridized carbons (Fsp3) is 0.280. The van der Waals surface area contributed by atoms with Crippen molar-refractivity contribution in [2.24, 2.45) is 5.92 Å². The molecule has 5 heteroatoms. The number of hydrogen-bond acceptors (Lipinski definition) is 3. The van der Waals surface area contributed by atoms with Gasteiger partial charge < -0.3 is 15.0 Å². The highest BCUT2D eigenvalue weighted by molar-refractivity contribution is 5.94. The van der Waals surface area contributed by atoms with E-state index in [0.29, 0.717) is 43.8 Å². The molecule has 3 aromatic carbocycles. The quantitative estimate of drug-likeness (QED) is 0.693. The zero-order valence-electron chi connectivity index (χ0n) is 17.1. The molecule has 1 saturated heterocycles. The Hall–Kier alpha value is -3.34. The van der Waals surface area contributed by atoms with Gasteiger partial charge in [-0.3, -0.25) is 9.59 Å². The van der Waals surface area contributed by atoms with Gasteiger partial charge in [-0.1, -0.05) is 54.6 Å². The first-order valence-electron chi connectivity index (χ1n) is 10.3. The number of nitrogens with zero attached hydrogens (tertiary/aromatic N) is 1. The monoisotopic (exact) mass is 402 g/mol. The predicted octanol–water partition coefficient (Wildman–Crippen LogP) is 4.27. The second-order valence-corrected chi connectivity index (χ2v) is 7.66. The Bertz CT molecular complexity index is 1050. The van der Waals surface area contributed by atoms with Crippen LogP contribution < -0.4 is 10.1 Å². The smallest absolute Gasteiger partial charge is 0.227 e. The molecule has 5 nitrogen and oxygen atoms in total. The third kappa shape index (κ3) is 4.30. The van der Waals surface area contributed by atoms with Gasteiger partial charge in [0.05, 0.1) is 19.2 Å². The van der Waals surface area contributed by atoms with Gasteiger partial charge in [0.1, 0.15) is 5.75 Å². The van der Waals surface area contributed by atoms with Gasteiger partial charge in [-0.15, -0.1) is 0 Å². The van der Waals surface area contributed by atoms with E-state index in [4.69, 9.17) is 4.74 Å². The summed E-state index contributed by atoms with van der Waals surface area (Å²) < 4.78 is 5.30. The summed E-state index contributed by atoms with van der Waals surface area (Å²) in [5, 5.41) is 5.24. The van der Waals surface area contributed by atoms with Crippen molar-refractivity contribution in [3.05, 3.63) is 72.3 Å². The lowest BCUT2D eigenvalue weighted by Gasteiger charge is -2.31. The number of piperidine rings is 1. The number of anilines is 1. The van der Waals surface area contributed by atoms with Gasteiger partial charge in [0, 0.05) is 19.0 Å². The van der Waals surface area contributed by atoms with Crippen molar-refractivity contribution in [2.45, 2.75) is 19.3 Å². The molecule has 1 N–H and O–H groups in total. The molecule has 154 valence electrons. The maximum absolute atomic E-state index is 12.9. The van der Waals surface area contributed by atoms with Crippen molar-refractivity contribution < 1.29 is 14.3 Å². The molecule has 0 unspecified atom stereocenters. The van der Waals surface area contributed by atoms with E-state index in [1.165, 1.54) is 0 Å². The number of fused-ring (bicyclic) bond motifs is 1. The number of hydrogen-bond donors (Lipinski definition) is 1. The van der Waals surface area contributed by atoms with E-state index >= 15 is 0 Å². The van der Waals surface area contributed by atoms with Gasteiger partial charge in [0.25, 0.3) is 0 Å². The van der Waals surface area contributed by atoms with Crippen LogP contribution in [0.15, 0.2) is 66.7 Å². The molecule has 1 aliphatic rings. The van der Waals surface area contributed by atoms with Gasteiger partial charge in [0.15, 0.2) is 0 Å². The first-order valence-corrected chi connectivity index (χ1v) is 10.3. The summed E-state index contributed by atoms with van der Waals surface area (Å²) >= 11 is 0. The topological polar surface area (TPSA) is 58.6 Å². The third-order valence-corrected chi connectivity index (χ3v) is 5.80. The number of para-hydroxylation sites is 2. The summed E-state index contributed by atoms with van der Waals surface area (Å²) in [5.41, 5.74) is 1.73. The molecule has 0 radical (unpaired) electrons. The molecule has 2 amide bonds. The van der Waals surface area contributed by atoms with Crippen LogP contribution in [0.25, 0.3) is 10.8 Å². The van der Waals surface area contributed by atoms with Crippen molar-refractivity contribution in [3.8, 4) is 5.75 Å². The summed E-state index contributed by atoms with van der Waals surface area (Å²) in [7, 11) is 1.59. The molecule has 30 heavy (non-hydrogen) atoms. The van der Waals surface area contributed by atoms with Crippen molar-refractivity contribution in [1.82, 2.24) is 4.90 Å². The van der Waals surface area contributed by atoms with Crippen molar-refractivity contribution in [2.75, 3.05) is 25.5 Å². The minimum absolute atomic E-state index is 0.0133. The SMILES string of the molecule is COc1ccccc1NC(=O)C1CCN(C(=O)Cc2cccc3ccccc23)CC1. The second-order valence-electron chi connectivity index (χ2n) is 7.66. The van der Waals surface area contributed by atoms with Crippen LogP contribution >= 0.6 is 0 Å². The Balaban J connectivity index is 1.35. The Morgan fingerprint density at radius 2 is 1.67 bits per heavy atom. The standard InChI is InChI=1S/C25H26N2O3/c1-30-23-12-5-4-11-22(23)26-25(29)19-13-15-27(16-14-19)24(28)17-20-9-6-8-18-7-2-3-10-21(18)20/h2-12,19H,13-17H2,1H3,(H,26,29). The van der Waals surface area contributed by atoms with Gasteiger partial charge in [-0.25, -0.2) is 0 Å². The number of nitrogens with one attached hydrogen (secondary N) is 1. The van der Waals surface area contributed by atoms with Gasteiger partial charge in [-0.2, -0.15) is 0 Å². The maximum Gasteiger partial charge on any atom is 0.227 e. The molecule has 0 aliphatic carbocycles. The molecule has 1 heterocycles. The normalized spacial score (nSPS) is 14.5. The fourth-order valence-corrected chi connectivity index (χ4v) is 4.10. The number of methoxy groups -OCH3 is 1. The highest BCUT2D eigenvalue weighted by Gasteiger charge is 2.28. The number of ether oxygens (including phenoxy) is 1. The number of benzene rings is 3. The Morgan fingerprint density at radius 1 is 0.967 bits per heavy atom. The van der Waals surface area contributed by atoms with Crippen LogP contribution in [0.4, 0.5) is 5.69 Å². The van der Waals surface area contributed by atoms with Crippen LogP contribution in [-0.4, -0.2) is 36.9 Å². The van der Waals surface area contributed by atoms with E-state index in [2.05, 4.69) is 23.5 Å². The number of amides is 2. The largest absolute Gasteiger partial charge is 0.495 e. The highest BCUT2D eigenvalue weighted by Crippen LogP contribution is 2.26. The van der Waals surface area contributed by atoms with Gasteiger partial charge in [0.2, 0.25) is 11.8 Å². The zero-order chi connectivity index (χ0) is 20.9. The lowest BCUT2D eigenvalue weighted by Crippen LogP contribution is -2.42. The molecule has 0 spiro atoms. The van der Waals surface area contributed by atoms with Crippen LogP contribution in [0.2, 0.25) is 0 Å². The highest BCUT2D eigenvalue weighted by atomic mass is 16.5. The molecule has 1 fully saturated rings. The molecule has 0 aromatic heterocycles. The van der Waals surface area contributed by atoms with Crippen molar-refractivity contribution >= 4 is 28.3 Å². The second kappa shape index (κ2) is 8.99. The minimum atomic E-state index is -0.100. The molecule has 1 aliphatic heterocycles. The summed E-state index contributed by atoms with van der Waals surface area (Å²) in [6.45, 7) is 1.21. The Labute approximate surface area is 176 Å². The summed E-state index contributed by atoms with van der Waals surface area (Å²) in [4.78, 5) is 27.4. The van der Waals surface area contributed by atoms with Gasteiger partial charge in [-0.05, 0) is 41.3 Å². The fourth-order valence-electron chi connectivity index (χ4n) is 4.10. The molecule has 0 bridgehead atoms. The minimum Gasteiger partial charge on any atom is -0.495 e. The van der Waals surface area contributed by atoms with Crippen LogP contribution in [0, 0.1) is 5.92 Å². The zero-order valence-corrected chi connectivity index (χ0v) is 17.1. The number of rotatable bonds is 5. The van der Waals surface area contributed by atoms with Crippen LogP contribution in [0.5, 0.6) is 5.75 Å². The van der Waals surface area contributed by atoms with Gasteiger partial charge >= 0.3 is 0 Å². The molecule has 4 rings (SSSR count). The molecule has 3 aromatic rings. The molecular weight excluding hydrogens is 376 g/mol. The van der Waals surface area contributed by atoms with Crippen molar-refractivity contribution in [3.63, 3.8) is 0 Å². The molecule has 0 atom stereocenters. The average molecular weight is 402 g/mol.